The lowest BCUT2D eigenvalue weighted by Crippen LogP contribution is -2.00. The van der Waals surface area contributed by atoms with Gasteiger partial charge < -0.3 is 0 Å². The van der Waals surface area contributed by atoms with Crippen LogP contribution in [0, 0.1) is 19.8 Å². The van der Waals surface area contributed by atoms with Gasteiger partial charge in [-0.25, -0.2) is 0 Å². The predicted octanol–water partition coefficient (Wildman–Crippen LogP) is 9.65. The first kappa shape index (κ1) is 25.7. The lowest BCUT2D eigenvalue weighted by molar-refractivity contribution is 0.386. The molecule has 26 heavy (non-hydrogen) atoms. The van der Waals surface area contributed by atoms with Crippen LogP contribution in [0.4, 0.5) is 0 Å². The van der Waals surface area contributed by atoms with Crippen LogP contribution >= 0.6 is 0 Å². The fraction of sp³-hybridized carbons (Fsp3) is 0.846. The molecule has 0 saturated carbocycles. The monoisotopic (exact) mass is 362 g/mol. The van der Waals surface area contributed by atoms with Gasteiger partial charge in [0, 0.05) is 0 Å². The maximum absolute atomic E-state index is 3.93. The zero-order chi connectivity index (χ0) is 19.1. The van der Waals surface area contributed by atoms with E-state index in [4.69, 9.17) is 0 Å². The maximum Gasteiger partial charge on any atom is -0.0351 e. The molecule has 0 heterocycles. The number of allylic oxidation sites excluding steroid dienone is 2. The molecular weight excluding hydrogens is 312 g/mol. The van der Waals surface area contributed by atoms with E-state index in [0.29, 0.717) is 0 Å². The van der Waals surface area contributed by atoms with Crippen LogP contribution in [0.25, 0.3) is 0 Å². The van der Waals surface area contributed by atoms with Gasteiger partial charge in [0.25, 0.3) is 0 Å². The van der Waals surface area contributed by atoms with Crippen LogP contribution in [0.15, 0.2) is 12.2 Å². The molecule has 0 aromatic rings. The average molecular weight is 363 g/mol. The van der Waals surface area contributed by atoms with Crippen molar-refractivity contribution in [1.29, 1.82) is 0 Å². The second-order valence-corrected chi connectivity index (χ2v) is 8.23. The summed E-state index contributed by atoms with van der Waals surface area (Å²) < 4.78 is 0. The van der Waals surface area contributed by atoms with Crippen LogP contribution in [0.1, 0.15) is 135 Å². The molecule has 0 amide bonds. The number of rotatable bonds is 21. The van der Waals surface area contributed by atoms with Gasteiger partial charge in [0.05, 0.1) is 0 Å². The van der Waals surface area contributed by atoms with Gasteiger partial charge in [0.1, 0.15) is 0 Å². The Kier molecular flexibility index (Phi) is 22.6. The van der Waals surface area contributed by atoms with Crippen molar-refractivity contribution in [1.82, 2.24) is 0 Å². The minimum atomic E-state index is 0.987. The van der Waals surface area contributed by atoms with Gasteiger partial charge in [0.15, 0.2) is 0 Å². The Labute approximate surface area is 167 Å². The molecule has 0 aliphatic heterocycles. The molecule has 1 unspecified atom stereocenters. The molecule has 0 nitrogen and oxygen atoms in total. The van der Waals surface area contributed by atoms with Crippen molar-refractivity contribution in [3.8, 4) is 0 Å². The first-order chi connectivity index (χ1) is 12.8. The van der Waals surface area contributed by atoms with Crippen molar-refractivity contribution in [2.75, 3.05) is 0 Å². The van der Waals surface area contributed by atoms with E-state index >= 15 is 0 Å². The van der Waals surface area contributed by atoms with Crippen molar-refractivity contribution in [3.05, 3.63) is 26.0 Å². The van der Waals surface area contributed by atoms with E-state index in [-0.39, 0.29) is 0 Å². The predicted molar refractivity (Wildman–Crippen MR) is 121 cm³/mol. The highest BCUT2D eigenvalue weighted by molar-refractivity contribution is 4.81. The Bertz CT molecular complexity index is 265. The van der Waals surface area contributed by atoms with Crippen LogP contribution in [0.2, 0.25) is 0 Å². The molecule has 0 bridgehead atoms. The zero-order valence-corrected chi connectivity index (χ0v) is 18.3. The standard InChI is InChI=1S/C26H50/c1-4-7-9-11-13-14-15-16-18-20-22-25-26(23-6-3)24-21-19-17-12-10-8-5-2/h16,18,26H,1-2,4-15,17,19-25H2,3H3/b18-16+. The molecule has 0 N–H and O–H groups in total. The fourth-order valence-corrected chi connectivity index (χ4v) is 3.89. The average Bonchev–Trinajstić information content (AvgIpc) is 2.65. The van der Waals surface area contributed by atoms with Crippen molar-refractivity contribution < 1.29 is 0 Å². The second kappa shape index (κ2) is 22.8. The molecule has 0 aliphatic carbocycles. The van der Waals surface area contributed by atoms with E-state index < -0.39 is 0 Å². The van der Waals surface area contributed by atoms with Crippen molar-refractivity contribution >= 4 is 0 Å². The molecule has 2 radical (unpaired) electrons. The van der Waals surface area contributed by atoms with E-state index in [1.165, 1.54) is 116 Å². The summed E-state index contributed by atoms with van der Waals surface area (Å²) in [6, 6.07) is 0. The van der Waals surface area contributed by atoms with Crippen molar-refractivity contribution in [2.45, 2.75) is 135 Å². The van der Waals surface area contributed by atoms with Gasteiger partial charge in [-0.15, -0.1) is 0 Å². The first-order valence-electron chi connectivity index (χ1n) is 12.1. The van der Waals surface area contributed by atoms with E-state index in [0.717, 1.165) is 18.8 Å². The summed E-state index contributed by atoms with van der Waals surface area (Å²) in [7, 11) is 0. The molecule has 0 spiro atoms. The minimum absolute atomic E-state index is 0.987. The number of hydrogen-bond donors (Lipinski definition) is 0. The summed E-state index contributed by atoms with van der Waals surface area (Å²) in [4.78, 5) is 0. The lowest BCUT2D eigenvalue weighted by Gasteiger charge is -2.15. The van der Waals surface area contributed by atoms with Crippen molar-refractivity contribution in [3.63, 3.8) is 0 Å². The zero-order valence-electron chi connectivity index (χ0n) is 18.3. The second-order valence-electron chi connectivity index (χ2n) is 8.23. The van der Waals surface area contributed by atoms with E-state index in [1.807, 2.05) is 0 Å². The Morgan fingerprint density at radius 2 is 1.00 bits per heavy atom. The highest BCUT2D eigenvalue weighted by Gasteiger charge is 2.06. The highest BCUT2D eigenvalue weighted by atomic mass is 14.1. The van der Waals surface area contributed by atoms with E-state index in [2.05, 4.69) is 32.9 Å². The summed E-state index contributed by atoms with van der Waals surface area (Å²) in [5, 5.41) is 0. The Morgan fingerprint density at radius 3 is 1.58 bits per heavy atom. The first-order valence-corrected chi connectivity index (χ1v) is 12.1. The van der Waals surface area contributed by atoms with Gasteiger partial charge in [0.2, 0.25) is 0 Å². The van der Waals surface area contributed by atoms with Crippen molar-refractivity contribution in [2.24, 2.45) is 5.92 Å². The fourth-order valence-electron chi connectivity index (χ4n) is 3.89. The quantitative estimate of drug-likeness (QED) is 0.141. The van der Waals surface area contributed by atoms with Crippen LogP contribution in [-0.4, -0.2) is 0 Å². The van der Waals surface area contributed by atoms with Crippen LogP contribution in [0.3, 0.4) is 0 Å². The topological polar surface area (TPSA) is 0 Å². The molecule has 0 heteroatoms. The highest BCUT2D eigenvalue weighted by Crippen LogP contribution is 2.22. The molecule has 154 valence electrons. The van der Waals surface area contributed by atoms with Crippen LogP contribution < -0.4 is 0 Å². The molecule has 0 aliphatic rings. The third-order valence-corrected chi connectivity index (χ3v) is 5.58. The molecule has 1 atom stereocenters. The SMILES string of the molecule is [CH2]CCCCCCC/C=C/CCCC(CCC)CCCCCCCC[CH2]. The normalized spacial score (nSPS) is 12.9. The van der Waals surface area contributed by atoms with Gasteiger partial charge in [-0.1, -0.05) is 136 Å². The van der Waals surface area contributed by atoms with Gasteiger partial charge in [-0.2, -0.15) is 0 Å². The Hall–Kier alpha value is -0.260. The molecule has 0 saturated heterocycles. The summed E-state index contributed by atoms with van der Waals surface area (Å²) in [6.45, 7) is 10.2. The maximum atomic E-state index is 3.93. The molecule has 0 fully saturated rings. The van der Waals surface area contributed by atoms with Crippen LogP contribution in [-0.2, 0) is 0 Å². The summed E-state index contributed by atoms with van der Waals surface area (Å²) in [5.41, 5.74) is 0. The summed E-state index contributed by atoms with van der Waals surface area (Å²) in [5.74, 6) is 0.987. The third kappa shape index (κ3) is 20.1. The third-order valence-electron chi connectivity index (χ3n) is 5.58. The number of hydrogen-bond acceptors (Lipinski definition) is 0. The van der Waals surface area contributed by atoms with Gasteiger partial charge in [-0.05, 0) is 31.6 Å². The lowest BCUT2D eigenvalue weighted by atomic mass is 9.91. The summed E-state index contributed by atoms with van der Waals surface area (Å²) >= 11 is 0. The van der Waals surface area contributed by atoms with E-state index in [9.17, 15) is 0 Å². The molecule has 0 aromatic heterocycles. The smallest absolute Gasteiger partial charge is 0.0351 e. The Morgan fingerprint density at radius 1 is 0.538 bits per heavy atom. The molecular formula is C26H50. The number of unbranched alkanes of at least 4 members (excludes halogenated alkanes) is 13. The molecule has 0 rings (SSSR count). The van der Waals surface area contributed by atoms with Gasteiger partial charge >= 0.3 is 0 Å². The summed E-state index contributed by atoms with van der Waals surface area (Å²) in [6.07, 6.45) is 32.2. The molecule has 0 aromatic carbocycles. The Balaban J connectivity index is 3.51. The van der Waals surface area contributed by atoms with E-state index in [1.54, 1.807) is 0 Å². The van der Waals surface area contributed by atoms with Gasteiger partial charge in [-0.3, -0.25) is 0 Å². The minimum Gasteiger partial charge on any atom is -0.0885 e. The largest absolute Gasteiger partial charge is 0.0885 e. The van der Waals surface area contributed by atoms with Crippen LogP contribution in [0.5, 0.6) is 0 Å².